The average Bonchev–Trinajstić information content (AvgIpc) is 2.61. The summed E-state index contributed by atoms with van der Waals surface area (Å²) in [5.41, 5.74) is 6.54. The summed E-state index contributed by atoms with van der Waals surface area (Å²) in [5, 5.41) is 2.74. The van der Waals surface area contributed by atoms with E-state index in [1.54, 1.807) is 30.3 Å². The van der Waals surface area contributed by atoms with Crippen LogP contribution in [0.25, 0.3) is 0 Å². The average molecular weight is 350 g/mol. The molecule has 25 heavy (non-hydrogen) atoms. The van der Waals surface area contributed by atoms with Gasteiger partial charge in [0.25, 0.3) is 0 Å². The predicted octanol–water partition coefficient (Wildman–Crippen LogP) is 4.02. The maximum absolute atomic E-state index is 12.8. The van der Waals surface area contributed by atoms with Crippen molar-refractivity contribution in [3.63, 3.8) is 0 Å². The van der Waals surface area contributed by atoms with Crippen LogP contribution in [0.5, 0.6) is 0 Å². The molecular weight excluding hydrogens is 329 g/mol. The maximum atomic E-state index is 12.8. The molecule has 0 aliphatic rings. The third-order valence-electron chi connectivity index (χ3n) is 4.10. The third kappa shape index (κ3) is 5.32. The van der Waals surface area contributed by atoms with Gasteiger partial charge in [-0.2, -0.15) is 13.2 Å². The lowest BCUT2D eigenvalue weighted by Gasteiger charge is -2.16. The van der Waals surface area contributed by atoms with E-state index < -0.39 is 17.8 Å². The fourth-order valence-electron chi connectivity index (χ4n) is 2.52. The monoisotopic (exact) mass is 350 g/mol. The highest BCUT2D eigenvalue weighted by atomic mass is 19.4. The van der Waals surface area contributed by atoms with Crippen molar-refractivity contribution in [2.45, 2.75) is 31.5 Å². The number of carbonyl (C=O) groups is 1. The highest BCUT2D eigenvalue weighted by Gasteiger charge is 2.30. The van der Waals surface area contributed by atoms with Gasteiger partial charge in [-0.3, -0.25) is 4.79 Å². The number of amides is 1. The molecule has 6 heteroatoms. The molecule has 2 atom stereocenters. The lowest BCUT2D eigenvalue weighted by atomic mass is 9.96. The Bertz CT molecular complexity index is 701. The van der Waals surface area contributed by atoms with Gasteiger partial charge in [0.2, 0.25) is 5.91 Å². The molecule has 0 aromatic heterocycles. The Hall–Kier alpha value is -2.34. The number of rotatable bonds is 6. The molecule has 1 amide bonds. The number of carbonyl (C=O) groups excluding carboxylic acids is 1. The first-order chi connectivity index (χ1) is 11.8. The Morgan fingerprint density at radius 1 is 1.08 bits per heavy atom. The first-order valence-corrected chi connectivity index (χ1v) is 8.04. The van der Waals surface area contributed by atoms with Crippen molar-refractivity contribution in [1.82, 2.24) is 5.32 Å². The second kappa shape index (κ2) is 8.16. The second-order valence-electron chi connectivity index (χ2n) is 5.99. The van der Waals surface area contributed by atoms with Gasteiger partial charge in [0.05, 0.1) is 5.56 Å². The first-order valence-electron chi connectivity index (χ1n) is 8.04. The molecule has 3 nitrogen and oxygen atoms in total. The zero-order valence-electron chi connectivity index (χ0n) is 13.9. The standard InChI is InChI=1S/C19H21F3N2O/c1-13(15-8-5-9-16(12-15)19(20,21)22)10-11-24-18(25)17(23)14-6-3-2-4-7-14/h2-9,12-13,17H,10-11,23H2,1H3,(H,24,25). The van der Waals surface area contributed by atoms with Crippen molar-refractivity contribution >= 4 is 5.91 Å². The van der Waals surface area contributed by atoms with Crippen LogP contribution in [0.1, 0.15) is 42.0 Å². The smallest absolute Gasteiger partial charge is 0.354 e. The lowest BCUT2D eigenvalue weighted by Crippen LogP contribution is -2.35. The van der Waals surface area contributed by atoms with Crippen molar-refractivity contribution in [1.29, 1.82) is 0 Å². The van der Waals surface area contributed by atoms with E-state index in [1.807, 2.05) is 13.0 Å². The third-order valence-corrected chi connectivity index (χ3v) is 4.10. The van der Waals surface area contributed by atoms with E-state index in [1.165, 1.54) is 6.07 Å². The van der Waals surface area contributed by atoms with Crippen molar-refractivity contribution < 1.29 is 18.0 Å². The van der Waals surface area contributed by atoms with Crippen LogP contribution in [0.4, 0.5) is 13.2 Å². The number of halogens is 3. The van der Waals surface area contributed by atoms with Gasteiger partial charge in [0, 0.05) is 6.54 Å². The summed E-state index contributed by atoms with van der Waals surface area (Å²) in [6.45, 7) is 2.18. The van der Waals surface area contributed by atoms with E-state index in [9.17, 15) is 18.0 Å². The first kappa shape index (κ1) is 19.0. The molecule has 2 unspecified atom stereocenters. The van der Waals surface area contributed by atoms with E-state index in [2.05, 4.69) is 5.32 Å². The van der Waals surface area contributed by atoms with Crippen LogP contribution in [0.2, 0.25) is 0 Å². The van der Waals surface area contributed by atoms with Crippen molar-refractivity contribution in [3.05, 3.63) is 71.3 Å². The highest BCUT2D eigenvalue weighted by molar-refractivity contribution is 5.82. The SMILES string of the molecule is CC(CCNC(=O)C(N)c1ccccc1)c1cccc(C(F)(F)F)c1. The summed E-state index contributed by atoms with van der Waals surface area (Å²) in [4.78, 5) is 12.1. The molecule has 3 N–H and O–H groups in total. The van der Waals surface area contributed by atoms with Crippen molar-refractivity contribution in [3.8, 4) is 0 Å². The number of hydrogen-bond acceptors (Lipinski definition) is 2. The van der Waals surface area contributed by atoms with Crippen LogP contribution < -0.4 is 11.1 Å². The number of nitrogens with one attached hydrogen (secondary N) is 1. The minimum atomic E-state index is -4.35. The van der Waals surface area contributed by atoms with Crippen LogP contribution >= 0.6 is 0 Å². The molecule has 2 aromatic carbocycles. The van der Waals surface area contributed by atoms with Crippen LogP contribution in [0, 0.1) is 0 Å². The van der Waals surface area contributed by atoms with E-state index in [0.29, 0.717) is 24.1 Å². The molecule has 134 valence electrons. The molecule has 0 saturated carbocycles. The Kier molecular flexibility index (Phi) is 6.20. The van der Waals surface area contributed by atoms with Crippen LogP contribution in [-0.2, 0) is 11.0 Å². The largest absolute Gasteiger partial charge is 0.416 e. The molecule has 0 aliphatic carbocycles. The van der Waals surface area contributed by atoms with E-state index >= 15 is 0 Å². The van der Waals surface area contributed by atoms with Gasteiger partial charge < -0.3 is 11.1 Å². The summed E-state index contributed by atoms with van der Waals surface area (Å²) < 4.78 is 38.3. The highest BCUT2D eigenvalue weighted by Crippen LogP contribution is 2.31. The number of alkyl halides is 3. The zero-order chi connectivity index (χ0) is 18.4. The normalized spacial score (nSPS) is 14.0. The molecule has 0 fully saturated rings. The lowest BCUT2D eigenvalue weighted by molar-refractivity contribution is -0.137. The van der Waals surface area contributed by atoms with E-state index in [4.69, 9.17) is 5.73 Å². The molecule has 0 radical (unpaired) electrons. The van der Waals surface area contributed by atoms with Gasteiger partial charge in [-0.05, 0) is 29.5 Å². The maximum Gasteiger partial charge on any atom is 0.416 e. The summed E-state index contributed by atoms with van der Waals surface area (Å²) in [6, 6.07) is 13.5. The van der Waals surface area contributed by atoms with E-state index in [-0.39, 0.29) is 11.8 Å². The number of hydrogen-bond donors (Lipinski definition) is 2. The minimum Gasteiger partial charge on any atom is -0.354 e. The summed E-state index contributed by atoms with van der Waals surface area (Å²) in [6.07, 6.45) is -3.83. The Labute approximate surface area is 145 Å². The van der Waals surface area contributed by atoms with Gasteiger partial charge in [0.1, 0.15) is 6.04 Å². The molecule has 2 rings (SSSR count). The van der Waals surface area contributed by atoms with Crippen LogP contribution in [0.3, 0.4) is 0 Å². The summed E-state index contributed by atoms with van der Waals surface area (Å²) >= 11 is 0. The van der Waals surface area contributed by atoms with Crippen molar-refractivity contribution in [2.24, 2.45) is 5.73 Å². The predicted molar refractivity (Wildman–Crippen MR) is 90.9 cm³/mol. The van der Waals surface area contributed by atoms with Crippen LogP contribution in [-0.4, -0.2) is 12.5 Å². The molecule has 0 bridgehead atoms. The molecule has 2 aromatic rings. The fourth-order valence-corrected chi connectivity index (χ4v) is 2.52. The quantitative estimate of drug-likeness (QED) is 0.827. The molecule has 0 spiro atoms. The topological polar surface area (TPSA) is 55.1 Å². The molecule has 0 aliphatic heterocycles. The summed E-state index contributed by atoms with van der Waals surface area (Å²) in [7, 11) is 0. The summed E-state index contributed by atoms with van der Waals surface area (Å²) in [5.74, 6) is -0.419. The number of nitrogens with two attached hydrogens (primary N) is 1. The second-order valence-corrected chi connectivity index (χ2v) is 5.99. The van der Waals surface area contributed by atoms with Gasteiger partial charge in [-0.1, -0.05) is 55.5 Å². The molecule has 0 saturated heterocycles. The van der Waals surface area contributed by atoms with Gasteiger partial charge in [-0.15, -0.1) is 0 Å². The Morgan fingerprint density at radius 2 is 1.72 bits per heavy atom. The molecular formula is C19H21F3N2O. The Balaban J connectivity index is 1.88. The molecule has 0 heterocycles. The van der Waals surface area contributed by atoms with Gasteiger partial charge in [-0.25, -0.2) is 0 Å². The Morgan fingerprint density at radius 3 is 2.36 bits per heavy atom. The zero-order valence-corrected chi connectivity index (χ0v) is 13.9. The number of benzene rings is 2. The van der Waals surface area contributed by atoms with Crippen LogP contribution in [0.15, 0.2) is 54.6 Å². The minimum absolute atomic E-state index is 0.115. The van der Waals surface area contributed by atoms with Gasteiger partial charge >= 0.3 is 6.18 Å². The van der Waals surface area contributed by atoms with Crippen molar-refractivity contribution in [2.75, 3.05) is 6.54 Å². The van der Waals surface area contributed by atoms with E-state index in [0.717, 1.165) is 12.1 Å². The van der Waals surface area contributed by atoms with Gasteiger partial charge in [0.15, 0.2) is 0 Å². The fraction of sp³-hybridized carbons (Fsp3) is 0.316.